The van der Waals surface area contributed by atoms with E-state index in [9.17, 15) is 4.79 Å². The van der Waals surface area contributed by atoms with Crippen LogP contribution >= 0.6 is 11.8 Å². The van der Waals surface area contributed by atoms with Gasteiger partial charge in [-0.2, -0.15) is 0 Å². The lowest BCUT2D eigenvalue weighted by molar-refractivity contribution is 0.555. The number of hydrogen-bond acceptors (Lipinski definition) is 2. The lowest BCUT2D eigenvalue weighted by atomic mass is 10.2. The molecule has 2 heteroatoms. The zero-order valence-electron chi connectivity index (χ0n) is 6.33. The summed E-state index contributed by atoms with van der Waals surface area (Å²) in [5.41, 5.74) is 1.06. The molecule has 0 unspecified atom stereocenters. The van der Waals surface area contributed by atoms with Gasteiger partial charge in [-0.15, -0.1) is 11.8 Å². The lowest BCUT2D eigenvalue weighted by Gasteiger charge is -2.00. The second-order valence-corrected chi connectivity index (χ2v) is 2.98. The van der Waals surface area contributed by atoms with Gasteiger partial charge < -0.3 is 0 Å². The summed E-state index contributed by atoms with van der Waals surface area (Å²) in [7, 11) is 0. The second kappa shape index (κ2) is 4.19. The standard InChI is InChI=1S/C9H9OS/c1-11-9-5-3-2-4-8(9)6-7-10/h2-5H,6H2,1H3. The van der Waals surface area contributed by atoms with Crippen molar-refractivity contribution in [3.8, 4) is 0 Å². The van der Waals surface area contributed by atoms with Gasteiger partial charge in [-0.1, -0.05) is 18.2 Å². The highest BCUT2D eigenvalue weighted by Crippen LogP contribution is 2.19. The summed E-state index contributed by atoms with van der Waals surface area (Å²) in [5.74, 6) is 0. The van der Waals surface area contributed by atoms with Crippen molar-refractivity contribution in [1.82, 2.24) is 0 Å². The van der Waals surface area contributed by atoms with Gasteiger partial charge in [-0.25, -0.2) is 0 Å². The van der Waals surface area contributed by atoms with E-state index in [4.69, 9.17) is 0 Å². The van der Waals surface area contributed by atoms with Gasteiger partial charge in [0.05, 0.1) is 0 Å². The topological polar surface area (TPSA) is 17.1 Å². The molecule has 0 heterocycles. The van der Waals surface area contributed by atoms with Crippen LogP contribution in [0.1, 0.15) is 5.56 Å². The van der Waals surface area contributed by atoms with Crippen molar-refractivity contribution in [1.29, 1.82) is 0 Å². The Hall–Kier alpha value is -0.760. The van der Waals surface area contributed by atoms with Gasteiger partial charge in [0.1, 0.15) is 0 Å². The highest BCUT2D eigenvalue weighted by atomic mass is 32.2. The molecule has 1 radical (unpaired) electrons. The molecule has 0 fully saturated rings. The van der Waals surface area contributed by atoms with E-state index in [1.807, 2.05) is 36.8 Å². The minimum absolute atomic E-state index is 0.400. The molecular weight excluding hydrogens is 156 g/mol. The Morgan fingerprint density at radius 2 is 2.18 bits per heavy atom. The maximum Gasteiger partial charge on any atom is 0.203 e. The first-order valence-corrected chi connectivity index (χ1v) is 4.58. The predicted molar refractivity (Wildman–Crippen MR) is 47.6 cm³/mol. The van der Waals surface area contributed by atoms with Gasteiger partial charge >= 0.3 is 0 Å². The van der Waals surface area contributed by atoms with Crippen LogP contribution in [-0.4, -0.2) is 12.5 Å². The molecule has 1 nitrogen and oxygen atoms in total. The molecule has 1 aromatic rings. The molecule has 11 heavy (non-hydrogen) atoms. The van der Waals surface area contributed by atoms with Crippen molar-refractivity contribution in [2.75, 3.05) is 6.26 Å². The molecule has 57 valence electrons. The molecule has 1 rings (SSSR count). The van der Waals surface area contributed by atoms with E-state index in [1.54, 1.807) is 11.8 Å². The van der Waals surface area contributed by atoms with Crippen LogP contribution in [0.4, 0.5) is 0 Å². The van der Waals surface area contributed by atoms with Crippen LogP contribution in [0.3, 0.4) is 0 Å². The highest BCUT2D eigenvalue weighted by Gasteiger charge is 1.97. The van der Waals surface area contributed by atoms with Crippen molar-refractivity contribution in [2.45, 2.75) is 11.3 Å². The van der Waals surface area contributed by atoms with E-state index < -0.39 is 0 Å². The smallest absolute Gasteiger partial charge is 0.203 e. The Morgan fingerprint density at radius 1 is 1.45 bits per heavy atom. The highest BCUT2D eigenvalue weighted by molar-refractivity contribution is 7.98. The fourth-order valence-corrected chi connectivity index (χ4v) is 1.54. The summed E-state index contributed by atoms with van der Waals surface area (Å²) in [6.45, 7) is 0. The third kappa shape index (κ3) is 2.09. The third-order valence-corrected chi connectivity index (χ3v) is 2.29. The summed E-state index contributed by atoms with van der Waals surface area (Å²) in [4.78, 5) is 11.3. The molecule has 0 aliphatic rings. The van der Waals surface area contributed by atoms with Crippen LogP contribution in [0.25, 0.3) is 0 Å². The largest absolute Gasteiger partial charge is 0.291 e. The predicted octanol–water partition coefficient (Wildman–Crippen LogP) is 2.06. The first-order valence-electron chi connectivity index (χ1n) is 3.35. The van der Waals surface area contributed by atoms with Gasteiger partial charge in [0.15, 0.2) is 0 Å². The van der Waals surface area contributed by atoms with Gasteiger partial charge in [-0.3, -0.25) is 4.79 Å². The average molecular weight is 165 g/mol. The van der Waals surface area contributed by atoms with Crippen molar-refractivity contribution >= 4 is 18.0 Å². The molecule has 0 atom stereocenters. The molecule has 0 aliphatic carbocycles. The van der Waals surface area contributed by atoms with Gasteiger partial charge in [0, 0.05) is 11.3 Å². The molecule has 0 aliphatic heterocycles. The van der Waals surface area contributed by atoms with E-state index in [0.717, 1.165) is 10.5 Å². The molecule has 0 bridgehead atoms. The van der Waals surface area contributed by atoms with Crippen LogP contribution in [0, 0.1) is 0 Å². The van der Waals surface area contributed by atoms with Crippen molar-refractivity contribution in [3.05, 3.63) is 29.8 Å². The number of hydrogen-bond donors (Lipinski definition) is 0. The van der Waals surface area contributed by atoms with Crippen LogP contribution < -0.4 is 0 Å². The number of benzene rings is 1. The molecule has 1 aromatic carbocycles. The number of rotatable bonds is 3. The Kier molecular flexibility index (Phi) is 3.17. The maximum absolute atomic E-state index is 10.1. The Labute approximate surface area is 70.8 Å². The Morgan fingerprint density at radius 3 is 2.82 bits per heavy atom. The summed E-state index contributed by atoms with van der Waals surface area (Å²) in [6, 6.07) is 7.88. The molecule has 0 N–H and O–H groups in total. The monoisotopic (exact) mass is 165 g/mol. The van der Waals surface area contributed by atoms with Crippen LogP contribution in [-0.2, 0) is 11.2 Å². The second-order valence-electron chi connectivity index (χ2n) is 2.13. The van der Waals surface area contributed by atoms with Gasteiger partial charge in [-0.05, 0) is 17.9 Å². The molecule has 0 aromatic heterocycles. The quantitative estimate of drug-likeness (QED) is 0.638. The first-order chi connectivity index (χ1) is 5.38. The van der Waals surface area contributed by atoms with E-state index >= 15 is 0 Å². The van der Waals surface area contributed by atoms with Crippen molar-refractivity contribution in [2.24, 2.45) is 0 Å². The van der Waals surface area contributed by atoms with Crippen LogP contribution in [0.5, 0.6) is 0 Å². The Balaban J connectivity index is 2.92. The summed E-state index contributed by atoms with van der Waals surface area (Å²) in [5, 5.41) is 0. The maximum atomic E-state index is 10.1. The van der Waals surface area contributed by atoms with Gasteiger partial charge in [0.25, 0.3) is 0 Å². The SMILES string of the molecule is CSc1ccccc1C[C]=O. The van der Waals surface area contributed by atoms with E-state index in [-0.39, 0.29) is 0 Å². The van der Waals surface area contributed by atoms with E-state index in [0.29, 0.717) is 6.42 Å². The first kappa shape index (κ1) is 8.34. The van der Waals surface area contributed by atoms with E-state index in [2.05, 4.69) is 0 Å². The van der Waals surface area contributed by atoms with Crippen LogP contribution in [0.15, 0.2) is 29.2 Å². The summed E-state index contributed by atoms with van der Waals surface area (Å²) in [6.07, 6.45) is 4.30. The van der Waals surface area contributed by atoms with Crippen molar-refractivity contribution < 1.29 is 4.79 Å². The molecule has 0 amide bonds. The number of thioether (sulfide) groups is 1. The fourth-order valence-electron chi connectivity index (χ4n) is 0.927. The molecule has 0 spiro atoms. The zero-order chi connectivity index (χ0) is 8.10. The lowest BCUT2D eigenvalue weighted by Crippen LogP contribution is -1.87. The third-order valence-electron chi connectivity index (χ3n) is 1.46. The number of carbonyl (C=O) groups excluding carboxylic acids is 1. The minimum Gasteiger partial charge on any atom is -0.291 e. The Bertz CT molecular complexity index is 245. The average Bonchev–Trinajstić information content (AvgIpc) is 2.06. The van der Waals surface area contributed by atoms with Gasteiger partial charge in [0.2, 0.25) is 6.29 Å². The normalized spacial score (nSPS) is 9.55. The zero-order valence-corrected chi connectivity index (χ0v) is 7.15. The molecular formula is C9H9OS. The van der Waals surface area contributed by atoms with Crippen LogP contribution in [0.2, 0.25) is 0 Å². The molecule has 0 saturated carbocycles. The summed E-state index contributed by atoms with van der Waals surface area (Å²) < 4.78 is 0. The fraction of sp³-hybridized carbons (Fsp3) is 0.222. The molecule has 0 saturated heterocycles. The van der Waals surface area contributed by atoms with Crippen molar-refractivity contribution in [3.63, 3.8) is 0 Å². The minimum atomic E-state index is 0.400. The van der Waals surface area contributed by atoms with E-state index in [1.165, 1.54) is 0 Å². The summed E-state index contributed by atoms with van der Waals surface area (Å²) >= 11 is 1.66.